The van der Waals surface area contributed by atoms with Crippen molar-refractivity contribution in [1.82, 2.24) is 4.90 Å². The molecule has 0 fully saturated rings. The molecule has 0 unspecified atom stereocenters. The van der Waals surface area contributed by atoms with Crippen LogP contribution in [0.4, 0.5) is 13.2 Å². The monoisotopic (exact) mass is 227 g/mol. The van der Waals surface area contributed by atoms with Gasteiger partial charge in [-0.3, -0.25) is 9.59 Å². The second kappa shape index (κ2) is 4.99. The van der Waals surface area contributed by atoms with Crippen molar-refractivity contribution in [2.75, 3.05) is 13.1 Å². The maximum atomic E-state index is 12.0. The summed E-state index contributed by atoms with van der Waals surface area (Å²) in [5, 5.41) is 8.35. The van der Waals surface area contributed by atoms with Crippen LogP contribution in [0.1, 0.15) is 13.8 Å². The van der Waals surface area contributed by atoms with E-state index >= 15 is 0 Å². The lowest BCUT2D eigenvalue weighted by atomic mass is 10.2. The van der Waals surface area contributed by atoms with Crippen molar-refractivity contribution >= 4 is 11.9 Å². The number of hydrogen-bond acceptors (Lipinski definition) is 2. The summed E-state index contributed by atoms with van der Waals surface area (Å²) < 4.78 is 36.0. The largest absolute Gasteiger partial charge is 0.480 e. The minimum atomic E-state index is -4.58. The molecule has 0 atom stereocenters. The van der Waals surface area contributed by atoms with Crippen molar-refractivity contribution < 1.29 is 27.9 Å². The van der Waals surface area contributed by atoms with E-state index in [0.717, 1.165) is 0 Å². The van der Waals surface area contributed by atoms with Crippen LogP contribution in [0.15, 0.2) is 0 Å². The predicted octanol–water partition coefficient (Wildman–Crippen LogP) is 1.12. The molecule has 0 saturated heterocycles. The maximum absolute atomic E-state index is 12.0. The van der Waals surface area contributed by atoms with Crippen LogP contribution in [0.5, 0.6) is 0 Å². The number of halogens is 3. The van der Waals surface area contributed by atoms with Gasteiger partial charge in [0.1, 0.15) is 13.1 Å². The molecule has 0 rings (SSSR count). The summed E-state index contributed by atoms with van der Waals surface area (Å²) in [7, 11) is 0. The van der Waals surface area contributed by atoms with Gasteiger partial charge >= 0.3 is 12.1 Å². The molecule has 0 aliphatic heterocycles. The second-order valence-electron chi connectivity index (χ2n) is 3.36. The van der Waals surface area contributed by atoms with Crippen molar-refractivity contribution in [1.29, 1.82) is 0 Å². The number of carboxylic acids is 1. The van der Waals surface area contributed by atoms with Gasteiger partial charge in [0.15, 0.2) is 0 Å². The van der Waals surface area contributed by atoms with Crippen LogP contribution >= 0.6 is 0 Å². The zero-order valence-electron chi connectivity index (χ0n) is 8.34. The van der Waals surface area contributed by atoms with Gasteiger partial charge in [-0.15, -0.1) is 0 Å². The van der Waals surface area contributed by atoms with Gasteiger partial charge in [0.2, 0.25) is 5.91 Å². The molecule has 0 aromatic carbocycles. The molecule has 0 aromatic rings. The lowest BCUT2D eigenvalue weighted by Gasteiger charge is -2.23. The van der Waals surface area contributed by atoms with Crippen LogP contribution in [-0.2, 0) is 9.59 Å². The lowest BCUT2D eigenvalue weighted by Crippen LogP contribution is -2.43. The highest BCUT2D eigenvalue weighted by Gasteiger charge is 2.34. The minimum absolute atomic E-state index is 0.285. The standard InChI is InChI=1S/C8H12F3NO3/c1-5(2)7(15)12(3-6(13)14)4-8(9,10)11/h5H,3-4H2,1-2H3,(H,13,14). The first kappa shape index (κ1) is 13.7. The molecule has 4 nitrogen and oxygen atoms in total. The number of carboxylic acid groups (broad SMARTS) is 1. The molecule has 1 amide bonds. The third-order valence-corrected chi connectivity index (χ3v) is 1.50. The number of aliphatic carboxylic acids is 1. The number of hydrogen-bond donors (Lipinski definition) is 1. The summed E-state index contributed by atoms with van der Waals surface area (Å²) in [5.41, 5.74) is 0. The summed E-state index contributed by atoms with van der Waals surface area (Å²) >= 11 is 0. The fraction of sp³-hybridized carbons (Fsp3) is 0.750. The zero-order valence-corrected chi connectivity index (χ0v) is 8.34. The van der Waals surface area contributed by atoms with Crippen molar-refractivity contribution in [2.24, 2.45) is 5.92 Å². The van der Waals surface area contributed by atoms with Gasteiger partial charge in [0, 0.05) is 5.92 Å². The van der Waals surface area contributed by atoms with Crippen LogP contribution in [0.3, 0.4) is 0 Å². The van der Waals surface area contributed by atoms with Gasteiger partial charge in [0.05, 0.1) is 0 Å². The van der Waals surface area contributed by atoms with Gasteiger partial charge in [-0.05, 0) is 0 Å². The molecule has 0 heterocycles. The number of carbonyl (C=O) groups is 2. The smallest absolute Gasteiger partial charge is 0.406 e. The van der Waals surface area contributed by atoms with Crippen molar-refractivity contribution in [3.63, 3.8) is 0 Å². The van der Waals surface area contributed by atoms with E-state index in [1.165, 1.54) is 13.8 Å². The first-order chi connectivity index (χ1) is 6.63. The molecule has 7 heteroatoms. The number of carbonyl (C=O) groups excluding carboxylic acids is 1. The van der Waals surface area contributed by atoms with E-state index in [-0.39, 0.29) is 4.90 Å². The van der Waals surface area contributed by atoms with Gasteiger partial charge in [0.25, 0.3) is 0 Å². The summed E-state index contributed by atoms with van der Waals surface area (Å²) in [6.45, 7) is 0.355. The SMILES string of the molecule is CC(C)C(=O)N(CC(=O)O)CC(F)(F)F. The van der Waals surface area contributed by atoms with E-state index in [1.54, 1.807) is 0 Å². The predicted molar refractivity (Wildman–Crippen MR) is 45.1 cm³/mol. The maximum Gasteiger partial charge on any atom is 0.406 e. The van der Waals surface area contributed by atoms with Crippen LogP contribution in [0, 0.1) is 5.92 Å². The number of amides is 1. The second-order valence-corrected chi connectivity index (χ2v) is 3.36. The first-order valence-corrected chi connectivity index (χ1v) is 4.21. The van der Waals surface area contributed by atoms with E-state index in [1.807, 2.05) is 0 Å². The number of alkyl halides is 3. The van der Waals surface area contributed by atoms with Crippen molar-refractivity contribution in [3.05, 3.63) is 0 Å². The molecule has 0 aromatic heterocycles. The Bertz CT molecular complexity index is 250. The molecular formula is C8H12F3NO3. The lowest BCUT2D eigenvalue weighted by molar-refractivity contribution is -0.167. The van der Waals surface area contributed by atoms with E-state index in [0.29, 0.717) is 0 Å². The fourth-order valence-electron chi connectivity index (χ4n) is 0.957. The molecule has 0 bridgehead atoms. The summed E-state index contributed by atoms with van der Waals surface area (Å²) in [6.07, 6.45) is -4.58. The zero-order chi connectivity index (χ0) is 12.2. The minimum Gasteiger partial charge on any atom is -0.480 e. The fourth-order valence-corrected chi connectivity index (χ4v) is 0.957. The molecule has 88 valence electrons. The average Bonchev–Trinajstić information content (AvgIpc) is 1.97. The number of rotatable bonds is 4. The Morgan fingerprint density at radius 1 is 1.33 bits per heavy atom. The van der Waals surface area contributed by atoms with Gasteiger partial charge in [-0.1, -0.05) is 13.8 Å². The van der Waals surface area contributed by atoms with Gasteiger partial charge in [-0.25, -0.2) is 0 Å². The molecule has 0 aliphatic carbocycles. The quantitative estimate of drug-likeness (QED) is 0.782. The molecule has 0 aliphatic rings. The normalized spacial score (nSPS) is 11.6. The van der Waals surface area contributed by atoms with E-state index in [9.17, 15) is 22.8 Å². The Morgan fingerprint density at radius 3 is 2.07 bits per heavy atom. The van der Waals surface area contributed by atoms with E-state index < -0.39 is 37.1 Å². The number of nitrogens with zero attached hydrogens (tertiary/aromatic N) is 1. The Kier molecular flexibility index (Phi) is 4.57. The molecule has 0 saturated carbocycles. The topological polar surface area (TPSA) is 57.6 Å². The molecule has 15 heavy (non-hydrogen) atoms. The first-order valence-electron chi connectivity index (χ1n) is 4.21. The summed E-state index contributed by atoms with van der Waals surface area (Å²) in [6, 6.07) is 0. The van der Waals surface area contributed by atoms with Crippen LogP contribution in [0.25, 0.3) is 0 Å². The third-order valence-electron chi connectivity index (χ3n) is 1.50. The molecule has 0 spiro atoms. The Labute approximate surface area is 84.7 Å². The van der Waals surface area contributed by atoms with Crippen LogP contribution in [-0.4, -0.2) is 41.1 Å². The highest BCUT2D eigenvalue weighted by atomic mass is 19.4. The molecule has 1 N–H and O–H groups in total. The molecule has 0 radical (unpaired) electrons. The van der Waals surface area contributed by atoms with E-state index in [2.05, 4.69) is 0 Å². The van der Waals surface area contributed by atoms with Crippen LogP contribution in [0.2, 0.25) is 0 Å². The third kappa shape index (κ3) is 5.92. The highest BCUT2D eigenvalue weighted by Crippen LogP contribution is 2.17. The average molecular weight is 227 g/mol. The van der Waals surface area contributed by atoms with Gasteiger partial charge in [-0.2, -0.15) is 13.2 Å². The van der Waals surface area contributed by atoms with Gasteiger partial charge < -0.3 is 10.0 Å². The van der Waals surface area contributed by atoms with E-state index in [4.69, 9.17) is 5.11 Å². The highest BCUT2D eigenvalue weighted by molar-refractivity contribution is 5.82. The Hall–Kier alpha value is -1.27. The van der Waals surface area contributed by atoms with Crippen LogP contribution < -0.4 is 0 Å². The summed E-state index contributed by atoms with van der Waals surface area (Å²) in [4.78, 5) is 21.8. The Balaban J connectivity index is 4.59. The van der Waals surface area contributed by atoms with Crippen molar-refractivity contribution in [2.45, 2.75) is 20.0 Å². The Morgan fingerprint density at radius 2 is 1.80 bits per heavy atom. The van der Waals surface area contributed by atoms with Crippen molar-refractivity contribution in [3.8, 4) is 0 Å². The summed E-state index contributed by atoms with van der Waals surface area (Å²) in [5.74, 6) is -2.95. The molecular weight excluding hydrogens is 215 g/mol.